The van der Waals surface area contributed by atoms with Crippen LogP contribution in [0.2, 0.25) is 0 Å². The Morgan fingerprint density at radius 3 is 2.58 bits per heavy atom. The second kappa shape index (κ2) is 5.82. The van der Waals surface area contributed by atoms with Gasteiger partial charge in [0.1, 0.15) is 5.82 Å². The molecule has 2 rings (SSSR count). The van der Waals surface area contributed by atoms with Crippen molar-refractivity contribution < 1.29 is 4.39 Å². The Morgan fingerprint density at radius 2 is 1.89 bits per heavy atom. The fourth-order valence-corrected chi connectivity index (χ4v) is 3.51. The van der Waals surface area contributed by atoms with Crippen LogP contribution in [0.4, 0.5) is 10.1 Å². The molecule has 1 aliphatic carbocycles. The number of hydrogen-bond donors (Lipinski definition) is 1. The SMILES string of the molecule is CC(C)(C)C1CCCCC1Nc1cc(Br)ccc1F. The molecule has 19 heavy (non-hydrogen) atoms. The molecule has 1 fully saturated rings. The molecule has 1 saturated carbocycles. The molecule has 0 spiro atoms. The highest BCUT2D eigenvalue weighted by atomic mass is 79.9. The number of halogens is 2. The number of rotatable bonds is 2. The van der Waals surface area contributed by atoms with E-state index in [1.807, 2.05) is 6.07 Å². The Hall–Kier alpha value is -0.570. The van der Waals surface area contributed by atoms with Crippen molar-refractivity contribution in [1.82, 2.24) is 0 Å². The van der Waals surface area contributed by atoms with Crippen LogP contribution in [-0.4, -0.2) is 6.04 Å². The largest absolute Gasteiger partial charge is 0.380 e. The third-order valence-electron chi connectivity index (χ3n) is 4.15. The minimum absolute atomic E-state index is 0.165. The van der Waals surface area contributed by atoms with Crippen molar-refractivity contribution in [2.75, 3.05) is 5.32 Å². The van der Waals surface area contributed by atoms with E-state index in [1.54, 1.807) is 6.07 Å². The number of nitrogens with one attached hydrogen (secondary N) is 1. The van der Waals surface area contributed by atoms with Gasteiger partial charge in [0.2, 0.25) is 0 Å². The summed E-state index contributed by atoms with van der Waals surface area (Å²) < 4.78 is 14.8. The van der Waals surface area contributed by atoms with E-state index >= 15 is 0 Å². The minimum Gasteiger partial charge on any atom is -0.380 e. The zero-order valence-corrected chi connectivity index (χ0v) is 13.6. The van der Waals surface area contributed by atoms with Crippen LogP contribution in [0.5, 0.6) is 0 Å². The van der Waals surface area contributed by atoms with Crippen LogP contribution in [0.3, 0.4) is 0 Å². The first-order chi connectivity index (χ1) is 8.88. The third-order valence-corrected chi connectivity index (χ3v) is 4.64. The lowest BCUT2D eigenvalue weighted by molar-refractivity contribution is 0.162. The summed E-state index contributed by atoms with van der Waals surface area (Å²) in [5.41, 5.74) is 0.885. The number of anilines is 1. The van der Waals surface area contributed by atoms with Crippen LogP contribution >= 0.6 is 15.9 Å². The molecule has 0 radical (unpaired) electrons. The molecule has 0 heterocycles. The molecule has 3 heteroatoms. The average Bonchev–Trinajstić information content (AvgIpc) is 2.33. The van der Waals surface area contributed by atoms with Gasteiger partial charge in [-0.15, -0.1) is 0 Å². The summed E-state index contributed by atoms with van der Waals surface area (Å²) in [5.74, 6) is 0.432. The first kappa shape index (κ1) is 14.8. The molecule has 1 N–H and O–H groups in total. The molecule has 0 aliphatic heterocycles. The smallest absolute Gasteiger partial charge is 0.146 e. The van der Waals surface area contributed by atoms with Crippen molar-refractivity contribution in [3.05, 3.63) is 28.5 Å². The van der Waals surface area contributed by atoms with Gasteiger partial charge >= 0.3 is 0 Å². The normalized spacial score (nSPS) is 24.3. The summed E-state index contributed by atoms with van der Waals surface area (Å²) >= 11 is 3.41. The van der Waals surface area contributed by atoms with E-state index in [-0.39, 0.29) is 11.2 Å². The van der Waals surface area contributed by atoms with Crippen LogP contribution in [0.15, 0.2) is 22.7 Å². The second-order valence-electron chi connectivity index (χ2n) is 6.63. The highest BCUT2D eigenvalue weighted by Crippen LogP contribution is 2.39. The summed E-state index contributed by atoms with van der Waals surface area (Å²) in [6, 6.07) is 5.46. The lowest BCUT2D eigenvalue weighted by Crippen LogP contribution is -2.40. The van der Waals surface area contributed by atoms with Gasteiger partial charge in [-0.25, -0.2) is 4.39 Å². The average molecular weight is 328 g/mol. The van der Waals surface area contributed by atoms with E-state index in [1.165, 1.54) is 25.3 Å². The maximum Gasteiger partial charge on any atom is 0.146 e. The molecule has 1 aromatic carbocycles. The van der Waals surface area contributed by atoms with Crippen molar-refractivity contribution in [2.24, 2.45) is 11.3 Å². The Kier molecular flexibility index (Phi) is 4.54. The molecule has 1 aliphatic rings. The van der Waals surface area contributed by atoms with E-state index in [9.17, 15) is 4.39 Å². The molecule has 106 valence electrons. The van der Waals surface area contributed by atoms with Crippen molar-refractivity contribution in [3.8, 4) is 0 Å². The molecule has 1 aromatic rings. The van der Waals surface area contributed by atoms with Gasteiger partial charge in [-0.2, -0.15) is 0 Å². The topological polar surface area (TPSA) is 12.0 Å². The molecule has 2 unspecified atom stereocenters. The van der Waals surface area contributed by atoms with Gasteiger partial charge in [-0.05, 0) is 42.4 Å². The fraction of sp³-hybridized carbons (Fsp3) is 0.625. The Bertz CT molecular complexity index is 439. The molecule has 0 aromatic heterocycles. The summed E-state index contributed by atoms with van der Waals surface area (Å²) in [5, 5.41) is 3.44. The highest BCUT2D eigenvalue weighted by Gasteiger charge is 2.34. The first-order valence-corrected chi connectivity index (χ1v) is 7.89. The Labute approximate surface area is 124 Å². The van der Waals surface area contributed by atoms with Crippen LogP contribution < -0.4 is 5.32 Å². The number of hydrogen-bond acceptors (Lipinski definition) is 1. The van der Waals surface area contributed by atoms with Crippen molar-refractivity contribution in [2.45, 2.75) is 52.5 Å². The molecule has 0 bridgehead atoms. The molecule has 2 atom stereocenters. The van der Waals surface area contributed by atoms with Crippen LogP contribution in [-0.2, 0) is 0 Å². The summed E-state index contributed by atoms with van der Waals surface area (Å²) in [7, 11) is 0. The fourth-order valence-electron chi connectivity index (χ4n) is 3.15. The van der Waals surface area contributed by atoms with Crippen LogP contribution in [0.1, 0.15) is 46.5 Å². The molecule has 0 amide bonds. The minimum atomic E-state index is -0.165. The zero-order chi connectivity index (χ0) is 14.0. The standard InChI is InChI=1S/C16H23BrFN/c1-16(2,3)12-6-4-5-7-14(12)19-15-10-11(17)8-9-13(15)18/h8-10,12,14,19H,4-7H2,1-3H3. The Morgan fingerprint density at radius 1 is 1.21 bits per heavy atom. The van der Waals surface area contributed by atoms with Gasteiger partial charge < -0.3 is 5.32 Å². The van der Waals surface area contributed by atoms with E-state index < -0.39 is 0 Å². The van der Waals surface area contributed by atoms with Gasteiger partial charge in [0.05, 0.1) is 5.69 Å². The van der Waals surface area contributed by atoms with Gasteiger partial charge in [-0.1, -0.05) is 49.5 Å². The predicted molar refractivity (Wildman–Crippen MR) is 82.9 cm³/mol. The Balaban J connectivity index is 2.17. The summed E-state index contributed by atoms with van der Waals surface area (Å²) in [6.45, 7) is 6.86. The van der Waals surface area contributed by atoms with Crippen molar-refractivity contribution >= 4 is 21.6 Å². The van der Waals surface area contributed by atoms with E-state index in [2.05, 4.69) is 42.0 Å². The first-order valence-electron chi connectivity index (χ1n) is 7.09. The van der Waals surface area contributed by atoms with Crippen LogP contribution in [0.25, 0.3) is 0 Å². The molecular formula is C16H23BrFN. The maximum absolute atomic E-state index is 13.9. The number of benzene rings is 1. The molecule has 0 saturated heterocycles. The van der Waals surface area contributed by atoms with Crippen LogP contribution in [0, 0.1) is 17.2 Å². The highest BCUT2D eigenvalue weighted by molar-refractivity contribution is 9.10. The summed E-state index contributed by atoms with van der Waals surface area (Å²) in [4.78, 5) is 0. The van der Waals surface area contributed by atoms with E-state index in [4.69, 9.17) is 0 Å². The maximum atomic E-state index is 13.9. The predicted octanol–water partition coefficient (Wildman–Crippen LogP) is 5.61. The summed E-state index contributed by atoms with van der Waals surface area (Å²) in [6.07, 6.45) is 4.89. The monoisotopic (exact) mass is 327 g/mol. The molecular weight excluding hydrogens is 305 g/mol. The second-order valence-corrected chi connectivity index (χ2v) is 7.55. The lowest BCUT2D eigenvalue weighted by atomic mass is 9.69. The van der Waals surface area contributed by atoms with E-state index in [0.717, 1.165) is 10.9 Å². The molecule has 1 nitrogen and oxygen atoms in total. The van der Waals surface area contributed by atoms with Crippen molar-refractivity contribution in [3.63, 3.8) is 0 Å². The van der Waals surface area contributed by atoms with E-state index in [0.29, 0.717) is 17.6 Å². The van der Waals surface area contributed by atoms with Gasteiger partial charge in [0.15, 0.2) is 0 Å². The lowest BCUT2D eigenvalue weighted by Gasteiger charge is -2.41. The quantitative estimate of drug-likeness (QED) is 0.744. The van der Waals surface area contributed by atoms with Gasteiger partial charge in [0.25, 0.3) is 0 Å². The zero-order valence-electron chi connectivity index (χ0n) is 12.0. The van der Waals surface area contributed by atoms with Crippen molar-refractivity contribution in [1.29, 1.82) is 0 Å². The van der Waals surface area contributed by atoms with Gasteiger partial charge in [0, 0.05) is 10.5 Å². The van der Waals surface area contributed by atoms with Gasteiger partial charge in [-0.3, -0.25) is 0 Å². The third kappa shape index (κ3) is 3.71.